The molecule has 2 N–H and O–H groups in total. The van der Waals surface area contributed by atoms with Crippen LogP contribution in [0.5, 0.6) is 0 Å². The van der Waals surface area contributed by atoms with Gasteiger partial charge in [-0.1, -0.05) is 24.6 Å². The third-order valence-corrected chi connectivity index (χ3v) is 1.92. The van der Waals surface area contributed by atoms with Crippen LogP contribution in [0.25, 0.3) is 0 Å². The van der Waals surface area contributed by atoms with Crippen LogP contribution in [0, 0.1) is 0 Å². The van der Waals surface area contributed by atoms with Gasteiger partial charge >= 0.3 is 0 Å². The Labute approximate surface area is 67.6 Å². The smallest absolute Gasteiger partial charge is 0.0592 e. The van der Waals surface area contributed by atoms with Gasteiger partial charge in [-0.2, -0.15) is 0 Å². The van der Waals surface area contributed by atoms with E-state index in [0.717, 1.165) is 12.0 Å². The van der Waals surface area contributed by atoms with E-state index in [1.165, 1.54) is 0 Å². The van der Waals surface area contributed by atoms with E-state index in [2.05, 4.69) is 6.92 Å². The van der Waals surface area contributed by atoms with Gasteiger partial charge in [0.05, 0.1) is 5.03 Å². The van der Waals surface area contributed by atoms with Gasteiger partial charge in [0.1, 0.15) is 0 Å². The van der Waals surface area contributed by atoms with Crippen molar-refractivity contribution in [3.63, 3.8) is 0 Å². The summed E-state index contributed by atoms with van der Waals surface area (Å²) in [6.07, 6.45) is 2.76. The molecule has 0 spiro atoms. The lowest BCUT2D eigenvalue weighted by atomic mass is 10.2. The molecule has 58 valence electrons. The predicted molar refractivity (Wildman–Crippen MR) is 46.8 cm³/mol. The van der Waals surface area contributed by atoms with Crippen molar-refractivity contribution in [3.8, 4) is 0 Å². The van der Waals surface area contributed by atoms with Crippen LogP contribution >= 0.6 is 11.6 Å². The Kier molecular flexibility index (Phi) is 4.21. The third kappa shape index (κ3) is 2.44. The van der Waals surface area contributed by atoms with Gasteiger partial charge in [0.15, 0.2) is 0 Å². The molecule has 1 nitrogen and oxygen atoms in total. The number of nitrogens with two attached hydrogens (primary N) is 1. The molecular weight excluding hydrogens is 146 g/mol. The average Bonchev–Trinajstić information content (AvgIpc) is 2.00. The molecule has 10 heavy (non-hydrogen) atoms. The van der Waals surface area contributed by atoms with E-state index < -0.39 is 0 Å². The van der Waals surface area contributed by atoms with Crippen molar-refractivity contribution in [3.05, 3.63) is 22.4 Å². The van der Waals surface area contributed by atoms with E-state index >= 15 is 0 Å². The third-order valence-electron chi connectivity index (χ3n) is 1.50. The normalized spacial score (nSPS) is 15.0. The minimum atomic E-state index is 0.652. The summed E-state index contributed by atoms with van der Waals surface area (Å²) < 4.78 is 0. The highest BCUT2D eigenvalue weighted by molar-refractivity contribution is 6.31. The molecule has 0 aromatic carbocycles. The Balaban J connectivity index is 4.46. The summed E-state index contributed by atoms with van der Waals surface area (Å²) in [5.74, 6) is 0. The highest BCUT2D eigenvalue weighted by Gasteiger charge is 1.97. The molecular formula is C8H14ClN. The van der Waals surface area contributed by atoms with Gasteiger partial charge in [0.2, 0.25) is 0 Å². The Morgan fingerprint density at radius 3 is 2.40 bits per heavy atom. The van der Waals surface area contributed by atoms with E-state index in [9.17, 15) is 0 Å². The maximum absolute atomic E-state index is 5.77. The fraction of sp³-hybridized carbons (Fsp3) is 0.500. The van der Waals surface area contributed by atoms with Gasteiger partial charge in [-0.25, -0.2) is 0 Å². The zero-order valence-corrected chi connectivity index (χ0v) is 7.50. The fourth-order valence-corrected chi connectivity index (χ4v) is 0.711. The molecule has 0 heterocycles. The van der Waals surface area contributed by atoms with E-state index in [4.69, 9.17) is 17.3 Å². The standard InChI is InChI=1S/C8H14ClN/c1-4-6(3)8(10)7(9)5-2/h5H,4,10H2,1-3H3/b7-5+,8-6+. The van der Waals surface area contributed by atoms with Crippen molar-refractivity contribution >= 4 is 11.6 Å². The second-order valence-corrected chi connectivity index (χ2v) is 2.59. The lowest BCUT2D eigenvalue weighted by Gasteiger charge is -2.02. The lowest BCUT2D eigenvalue weighted by Crippen LogP contribution is -2.00. The van der Waals surface area contributed by atoms with Gasteiger partial charge < -0.3 is 5.73 Å². The monoisotopic (exact) mass is 159 g/mol. The highest BCUT2D eigenvalue weighted by atomic mass is 35.5. The first-order valence-electron chi connectivity index (χ1n) is 3.40. The van der Waals surface area contributed by atoms with E-state index in [1.54, 1.807) is 6.08 Å². The summed E-state index contributed by atoms with van der Waals surface area (Å²) in [6, 6.07) is 0. The summed E-state index contributed by atoms with van der Waals surface area (Å²) in [5.41, 5.74) is 7.52. The van der Waals surface area contributed by atoms with E-state index in [0.29, 0.717) is 10.7 Å². The second kappa shape index (κ2) is 4.40. The van der Waals surface area contributed by atoms with Gasteiger partial charge in [-0.15, -0.1) is 0 Å². The number of hydrogen-bond acceptors (Lipinski definition) is 1. The molecule has 0 aromatic heterocycles. The molecule has 0 atom stereocenters. The van der Waals surface area contributed by atoms with Crippen molar-refractivity contribution < 1.29 is 0 Å². The molecule has 0 bridgehead atoms. The second-order valence-electron chi connectivity index (χ2n) is 2.18. The van der Waals surface area contributed by atoms with Crippen LogP contribution in [0.3, 0.4) is 0 Å². The first-order chi connectivity index (χ1) is 4.63. The number of rotatable bonds is 2. The SMILES string of the molecule is C/C=C(Cl)\C(N)=C(\C)CC. The summed E-state index contributed by atoms with van der Waals surface area (Å²) in [4.78, 5) is 0. The molecule has 0 aliphatic carbocycles. The fourth-order valence-electron chi connectivity index (χ4n) is 0.550. The molecule has 2 heteroatoms. The summed E-state index contributed by atoms with van der Waals surface area (Å²) in [5, 5.41) is 0.652. The molecule has 0 aliphatic rings. The van der Waals surface area contributed by atoms with E-state index in [-0.39, 0.29) is 0 Å². The van der Waals surface area contributed by atoms with Crippen LogP contribution < -0.4 is 5.73 Å². The molecule has 0 saturated carbocycles. The van der Waals surface area contributed by atoms with Crippen LogP contribution in [-0.4, -0.2) is 0 Å². The largest absolute Gasteiger partial charge is 0.398 e. The molecule has 0 aliphatic heterocycles. The number of hydrogen-bond donors (Lipinski definition) is 1. The number of halogens is 1. The van der Waals surface area contributed by atoms with Crippen molar-refractivity contribution in [2.24, 2.45) is 5.73 Å². The molecule has 0 fully saturated rings. The molecule has 0 radical (unpaired) electrons. The first kappa shape index (κ1) is 9.57. The Bertz CT molecular complexity index is 168. The van der Waals surface area contributed by atoms with Crippen molar-refractivity contribution in [1.82, 2.24) is 0 Å². The number of allylic oxidation sites excluding steroid dienone is 3. The Hall–Kier alpha value is -0.430. The Morgan fingerprint density at radius 2 is 2.10 bits per heavy atom. The first-order valence-corrected chi connectivity index (χ1v) is 3.78. The molecule has 0 unspecified atom stereocenters. The summed E-state index contributed by atoms with van der Waals surface area (Å²) in [7, 11) is 0. The van der Waals surface area contributed by atoms with Crippen LogP contribution in [0.15, 0.2) is 22.4 Å². The van der Waals surface area contributed by atoms with Crippen molar-refractivity contribution in [1.29, 1.82) is 0 Å². The van der Waals surface area contributed by atoms with Gasteiger partial charge in [-0.3, -0.25) is 0 Å². The lowest BCUT2D eigenvalue weighted by molar-refractivity contribution is 1.06. The van der Waals surface area contributed by atoms with E-state index in [1.807, 2.05) is 13.8 Å². The minimum absolute atomic E-state index is 0.652. The van der Waals surface area contributed by atoms with Gasteiger partial charge in [-0.05, 0) is 25.8 Å². The summed E-state index contributed by atoms with van der Waals surface area (Å²) in [6.45, 7) is 5.92. The van der Waals surface area contributed by atoms with Crippen molar-refractivity contribution in [2.45, 2.75) is 27.2 Å². The van der Waals surface area contributed by atoms with Crippen molar-refractivity contribution in [2.75, 3.05) is 0 Å². The maximum atomic E-state index is 5.77. The minimum Gasteiger partial charge on any atom is -0.398 e. The quantitative estimate of drug-likeness (QED) is 0.617. The molecule has 0 aromatic rings. The molecule has 0 amide bonds. The molecule has 0 saturated heterocycles. The average molecular weight is 160 g/mol. The van der Waals surface area contributed by atoms with Crippen LogP contribution in [0.1, 0.15) is 27.2 Å². The van der Waals surface area contributed by atoms with Crippen LogP contribution in [0.2, 0.25) is 0 Å². The molecule has 0 rings (SSSR count). The van der Waals surface area contributed by atoms with Gasteiger partial charge in [0, 0.05) is 5.70 Å². The highest BCUT2D eigenvalue weighted by Crippen LogP contribution is 2.14. The predicted octanol–water partition coefficient (Wildman–Crippen LogP) is 2.77. The zero-order valence-electron chi connectivity index (χ0n) is 6.74. The van der Waals surface area contributed by atoms with Crippen LogP contribution in [-0.2, 0) is 0 Å². The van der Waals surface area contributed by atoms with Gasteiger partial charge in [0.25, 0.3) is 0 Å². The topological polar surface area (TPSA) is 26.0 Å². The Morgan fingerprint density at radius 1 is 1.60 bits per heavy atom. The zero-order chi connectivity index (χ0) is 8.15. The summed E-state index contributed by atoms with van der Waals surface area (Å²) >= 11 is 5.77. The van der Waals surface area contributed by atoms with Crippen LogP contribution in [0.4, 0.5) is 0 Å². The maximum Gasteiger partial charge on any atom is 0.0592 e.